The summed E-state index contributed by atoms with van der Waals surface area (Å²) < 4.78 is 13.8. The van der Waals surface area contributed by atoms with Crippen molar-refractivity contribution in [3.8, 4) is 0 Å². The average Bonchev–Trinajstić information content (AvgIpc) is 2.45. The number of benzene rings is 1. The maximum absolute atomic E-state index is 13.8. The summed E-state index contributed by atoms with van der Waals surface area (Å²) in [5, 5.41) is 11.2. The molecule has 2 rings (SSSR count). The number of nitrogens with two attached hydrogens (primary N) is 1. The Morgan fingerprint density at radius 3 is 2.62 bits per heavy atom. The Morgan fingerprint density at radius 2 is 2.05 bits per heavy atom. The van der Waals surface area contributed by atoms with Crippen molar-refractivity contribution in [2.45, 2.75) is 51.1 Å². The van der Waals surface area contributed by atoms with Crippen molar-refractivity contribution in [2.75, 3.05) is 11.4 Å². The zero-order valence-corrected chi connectivity index (χ0v) is 12.3. The number of anilines is 1. The molecule has 2 N–H and O–H groups in total. The van der Waals surface area contributed by atoms with E-state index in [9.17, 15) is 14.5 Å². The van der Waals surface area contributed by atoms with Crippen LogP contribution in [-0.4, -0.2) is 23.6 Å². The fraction of sp³-hybridized carbons (Fsp3) is 0.600. The molecular weight excluding hydrogens is 273 g/mol. The first-order valence-corrected chi connectivity index (χ1v) is 7.49. The highest BCUT2D eigenvalue weighted by Crippen LogP contribution is 2.35. The van der Waals surface area contributed by atoms with E-state index in [-0.39, 0.29) is 12.1 Å². The first-order valence-electron chi connectivity index (χ1n) is 7.49. The molecule has 1 aromatic rings. The molecule has 6 heteroatoms. The van der Waals surface area contributed by atoms with Gasteiger partial charge in [-0.15, -0.1) is 0 Å². The van der Waals surface area contributed by atoms with Crippen LogP contribution < -0.4 is 10.6 Å². The zero-order valence-electron chi connectivity index (χ0n) is 12.3. The number of hydrogen-bond donors (Lipinski definition) is 1. The van der Waals surface area contributed by atoms with E-state index in [4.69, 9.17) is 5.73 Å². The van der Waals surface area contributed by atoms with Crippen molar-refractivity contribution in [3.05, 3.63) is 34.1 Å². The third-order valence-electron chi connectivity index (χ3n) is 4.10. The van der Waals surface area contributed by atoms with Crippen molar-refractivity contribution in [2.24, 2.45) is 5.73 Å². The van der Waals surface area contributed by atoms with Gasteiger partial charge in [0.1, 0.15) is 5.69 Å². The minimum absolute atomic E-state index is 0.199. The maximum atomic E-state index is 13.8. The van der Waals surface area contributed by atoms with E-state index in [1.807, 2.05) is 11.8 Å². The summed E-state index contributed by atoms with van der Waals surface area (Å²) in [6.45, 7) is 2.71. The van der Waals surface area contributed by atoms with E-state index >= 15 is 0 Å². The van der Waals surface area contributed by atoms with Gasteiger partial charge in [-0.25, -0.2) is 0 Å². The van der Waals surface area contributed by atoms with Gasteiger partial charge >= 0.3 is 5.69 Å². The fourth-order valence-corrected chi connectivity index (χ4v) is 3.07. The van der Waals surface area contributed by atoms with Gasteiger partial charge < -0.3 is 10.6 Å². The molecule has 5 nitrogen and oxygen atoms in total. The summed E-state index contributed by atoms with van der Waals surface area (Å²) in [5.74, 6) is -0.772. The van der Waals surface area contributed by atoms with Crippen LogP contribution in [0, 0.1) is 15.9 Å². The summed E-state index contributed by atoms with van der Waals surface area (Å²) in [5.41, 5.74) is 5.90. The lowest BCUT2D eigenvalue weighted by Gasteiger charge is -2.37. The van der Waals surface area contributed by atoms with Gasteiger partial charge in [-0.1, -0.05) is 13.0 Å². The molecule has 21 heavy (non-hydrogen) atoms. The molecule has 0 heterocycles. The third kappa shape index (κ3) is 3.50. The van der Waals surface area contributed by atoms with Crippen molar-refractivity contribution < 1.29 is 9.31 Å². The highest BCUT2D eigenvalue weighted by atomic mass is 19.1. The lowest BCUT2D eigenvalue weighted by molar-refractivity contribution is -0.386. The van der Waals surface area contributed by atoms with Crippen LogP contribution in [0.5, 0.6) is 0 Å². The van der Waals surface area contributed by atoms with Crippen molar-refractivity contribution in [1.82, 2.24) is 0 Å². The van der Waals surface area contributed by atoms with Crippen molar-refractivity contribution in [3.63, 3.8) is 0 Å². The minimum Gasteiger partial charge on any atom is -0.363 e. The highest BCUT2D eigenvalue weighted by molar-refractivity contribution is 5.64. The molecule has 0 spiro atoms. The SMILES string of the molecule is CCCN(c1cccc(F)c1[N+](=O)[O-])C1CCC(N)CC1. The average molecular weight is 295 g/mol. The van der Waals surface area contributed by atoms with E-state index in [0.29, 0.717) is 12.2 Å². The van der Waals surface area contributed by atoms with Crippen LogP contribution in [0.4, 0.5) is 15.8 Å². The minimum atomic E-state index is -0.772. The number of nitro groups is 1. The fourth-order valence-electron chi connectivity index (χ4n) is 3.07. The van der Waals surface area contributed by atoms with Crippen LogP contribution in [0.1, 0.15) is 39.0 Å². The van der Waals surface area contributed by atoms with Crippen LogP contribution in [-0.2, 0) is 0 Å². The Labute approximate surface area is 124 Å². The van der Waals surface area contributed by atoms with Crippen LogP contribution in [0.2, 0.25) is 0 Å². The molecule has 0 bridgehead atoms. The molecule has 116 valence electrons. The number of rotatable bonds is 5. The summed E-state index contributed by atoms with van der Waals surface area (Å²) in [7, 11) is 0. The predicted molar refractivity (Wildman–Crippen MR) is 80.9 cm³/mol. The van der Waals surface area contributed by atoms with E-state index in [1.54, 1.807) is 6.07 Å². The molecular formula is C15H22FN3O2. The lowest BCUT2D eigenvalue weighted by atomic mass is 9.90. The predicted octanol–water partition coefficient (Wildman–Crippen LogP) is 3.22. The molecule has 0 aromatic heterocycles. The number of para-hydroxylation sites is 1. The lowest BCUT2D eigenvalue weighted by Crippen LogP contribution is -2.41. The molecule has 0 saturated heterocycles. The Balaban J connectivity index is 2.34. The van der Waals surface area contributed by atoms with E-state index in [2.05, 4.69) is 0 Å². The Bertz CT molecular complexity index is 502. The summed E-state index contributed by atoms with van der Waals surface area (Å²) in [6, 6.07) is 4.74. The Morgan fingerprint density at radius 1 is 1.38 bits per heavy atom. The highest BCUT2D eigenvalue weighted by Gasteiger charge is 2.30. The van der Waals surface area contributed by atoms with Crippen LogP contribution in [0.25, 0.3) is 0 Å². The zero-order chi connectivity index (χ0) is 15.4. The topological polar surface area (TPSA) is 72.4 Å². The van der Waals surface area contributed by atoms with Gasteiger partial charge in [0.05, 0.1) is 4.92 Å². The van der Waals surface area contributed by atoms with E-state index in [0.717, 1.165) is 38.2 Å². The van der Waals surface area contributed by atoms with Crippen LogP contribution >= 0.6 is 0 Å². The number of nitrogens with zero attached hydrogens (tertiary/aromatic N) is 2. The molecule has 1 aliphatic rings. The maximum Gasteiger partial charge on any atom is 0.327 e. The van der Waals surface area contributed by atoms with Gasteiger partial charge in [-0.05, 0) is 44.2 Å². The molecule has 0 unspecified atom stereocenters. The van der Waals surface area contributed by atoms with Crippen molar-refractivity contribution in [1.29, 1.82) is 0 Å². The second kappa shape index (κ2) is 6.85. The number of hydrogen-bond acceptors (Lipinski definition) is 4. The van der Waals surface area contributed by atoms with Gasteiger partial charge in [0, 0.05) is 18.6 Å². The monoisotopic (exact) mass is 295 g/mol. The molecule has 0 amide bonds. The number of halogens is 1. The second-order valence-corrected chi connectivity index (χ2v) is 5.63. The van der Waals surface area contributed by atoms with Crippen LogP contribution in [0.3, 0.4) is 0 Å². The van der Waals surface area contributed by atoms with E-state index < -0.39 is 16.4 Å². The van der Waals surface area contributed by atoms with Gasteiger partial charge in [0.2, 0.25) is 5.82 Å². The first kappa shape index (κ1) is 15.7. The van der Waals surface area contributed by atoms with Gasteiger partial charge in [-0.3, -0.25) is 10.1 Å². The van der Waals surface area contributed by atoms with Gasteiger partial charge in [0.25, 0.3) is 0 Å². The smallest absolute Gasteiger partial charge is 0.327 e. The molecule has 1 saturated carbocycles. The first-order chi connectivity index (χ1) is 10.0. The molecule has 1 fully saturated rings. The van der Waals surface area contributed by atoms with Crippen molar-refractivity contribution >= 4 is 11.4 Å². The third-order valence-corrected chi connectivity index (χ3v) is 4.10. The molecule has 1 aliphatic carbocycles. The molecule has 0 atom stereocenters. The standard InChI is InChI=1S/C15H22FN3O2/c1-2-10-18(12-8-6-11(17)7-9-12)14-5-3-4-13(16)15(14)19(20)21/h3-5,11-12H,2,6-10,17H2,1H3. The van der Waals surface area contributed by atoms with E-state index in [1.165, 1.54) is 6.07 Å². The molecule has 0 radical (unpaired) electrons. The Hall–Kier alpha value is -1.69. The van der Waals surface area contributed by atoms with Crippen LogP contribution in [0.15, 0.2) is 18.2 Å². The van der Waals surface area contributed by atoms with Gasteiger partial charge in [0.15, 0.2) is 0 Å². The second-order valence-electron chi connectivity index (χ2n) is 5.63. The Kier molecular flexibility index (Phi) is 5.12. The number of nitro benzene ring substituents is 1. The summed E-state index contributed by atoms with van der Waals surface area (Å²) in [4.78, 5) is 12.6. The summed E-state index contributed by atoms with van der Waals surface area (Å²) >= 11 is 0. The quantitative estimate of drug-likeness (QED) is 0.668. The molecule has 1 aromatic carbocycles. The normalized spacial score (nSPS) is 22.0. The largest absolute Gasteiger partial charge is 0.363 e. The summed E-state index contributed by atoms with van der Waals surface area (Å²) in [6.07, 6.45) is 4.47. The molecule has 0 aliphatic heterocycles. The van der Waals surface area contributed by atoms with Gasteiger partial charge in [-0.2, -0.15) is 4.39 Å².